The first-order valence-corrected chi connectivity index (χ1v) is 8.01. The van der Waals surface area contributed by atoms with Gasteiger partial charge in [0, 0.05) is 11.6 Å². The Kier molecular flexibility index (Phi) is 4.10. The number of benzene rings is 1. The van der Waals surface area contributed by atoms with E-state index >= 15 is 0 Å². The Labute approximate surface area is 115 Å². The Balaban J connectivity index is 1.97. The number of rotatable bonds is 3. The second-order valence-corrected chi connectivity index (χ2v) is 7.27. The molecule has 0 radical (unpaired) electrons. The largest absolute Gasteiger partial charge is 0.352 e. The van der Waals surface area contributed by atoms with Crippen LogP contribution in [0.1, 0.15) is 16.8 Å². The Morgan fingerprint density at radius 2 is 2.21 bits per heavy atom. The summed E-state index contributed by atoms with van der Waals surface area (Å²) < 4.78 is 36.0. The van der Waals surface area contributed by atoms with Gasteiger partial charge in [-0.1, -0.05) is 11.6 Å². The first-order chi connectivity index (χ1) is 8.87. The summed E-state index contributed by atoms with van der Waals surface area (Å²) in [5.41, 5.74) is -0.131. The van der Waals surface area contributed by atoms with E-state index in [1.165, 1.54) is 12.1 Å². The summed E-state index contributed by atoms with van der Waals surface area (Å²) >= 11 is 5.70. The molecule has 1 aromatic carbocycles. The van der Waals surface area contributed by atoms with Gasteiger partial charge in [-0.25, -0.2) is 12.8 Å². The monoisotopic (exact) mass is 305 g/mol. The van der Waals surface area contributed by atoms with E-state index in [4.69, 9.17) is 11.6 Å². The van der Waals surface area contributed by atoms with E-state index in [1.807, 2.05) is 0 Å². The topological polar surface area (TPSA) is 63.2 Å². The van der Waals surface area contributed by atoms with Crippen molar-refractivity contribution in [3.8, 4) is 0 Å². The van der Waals surface area contributed by atoms with E-state index in [1.54, 1.807) is 0 Å². The van der Waals surface area contributed by atoms with Crippen molar-refractivity contribution in [3.05, 3.63) is 34.6 Å². The Morgan fingerprint density at radius 1 is 1.47 bits per heavy atom. The van der Waals surface area contributed by atoms with Gasteiger partial charge in [0.05, 0.1) is 17.1 Å². The molecule has 19 heavy (non-hydrogen) atoms. The molecule has 1 fully saturated rings. The van der Waals surface area contributed by atoms with E-state index in [0.29, 0.717) is 6.42 Å². The van der Waals surface area contributed by atoms with Crippen LogP contribution in [0.15, 0.2) is 18.2 Å². The number of hydrogen-bond acceptors (Lipinski definition) is 3. The third kappa shape index (κ3) is 3.67. The molecule has 1 aliphatic rings. The highest BCUT2D eigenvalue weighted by molar-refractivity contribution is 7.91. The van der Waals surface area contributed by atoms with Crippen molar-refractivity contribution >= 4 is 27.3 Å². The number of hydrogen-bond donors (Lipinski definition) is 1. The number of carbonyl (C=O) groups excluding carboxylic acids is 1. The van der Waals surface area contributed by atoms with Gasteiger partial charge < -0.3 is 5.32 Å². The SMILES string of the molecule is O=C(NC[C@H]1CCS(=O)(=O)C1)c1cc(Cl)ccc1F. The molecule has 104 valence electrons. The van der Waals surface area contributed by atoms with E-state index < -0.39 is 21.6 Å². The van der Waals surface area contributed by atoms with Crippen molar-refractivity contribution < 1.29 is 17.6 Å². The van der Waals surface area contributed by atoms with E-state index in [0.717, 1.165) is 6.07 Å². The molecule has 1 amide bonds. The predicted molar refractivity (Wildman–Crippen MR) is 70.5 cm³/mol. The molecule has 1 saturated heterocycles. The maximum Gasteiger partial charge on any atom is 0.254 e. The molecular weight excluding hydrogens is 293 g/mol. The van der Waals surface area contributed by atoms with Crippen LogP contribution in [0.2, 0.25) is 5.02 Å². The first-order valence-electron chi connectivity index (χ1n) is 5.81. The summed E-state index contributed by atoms with van der Waals surface area (Å²) in [6, 6.07) is 3.73. The third-order valence-electron chi connectivity index (χ3n) is 3.05. The zero-order chi connectivity index (χ0) is 14.0. The summed E-state index contributed by atoms with van der Waals surface area (Å²) in [5, 5.41) is 2.82. The molecule has 7 heteroatoms. The standard InChI is InChI=1S/C12H13ClFNO3S/c13-9-1-2-11(14)10(5-9)12(16)15-6-8-3-4-19(17,18)7-8/h1-2,5,8H,3-4,6-7H2,(H,15,16)/t8-/m1/s1. The minimum absolute atomic E-state index is 0.0747. The average Bonchev–Trinajstić information content (AvgIpc) is 2.69. The molecular formula is C12H13ClFNO3S. The van der Waals surface area contributed by atoms with Crippen LogP contribution in [0, 0.1) is 11.7 Å². The Morgan fingerprint density at radius 3 is 2.84 bits per heavy atom. The van der Waals surface area contributed by atoms with Gasteiger partial charge in [0.15, 0.2) is 9.84 Å². The lowest BCUT2D eigenvalue weighted by atomic mass is 10.1. The number of nitrogens with one attached hydrogen (secondary N) is 1. The van der Waals surface area contributed by atoms with Crippen LogP contribution in [0.25, 0.3) is 0 Å². The third-order valence-corrected chi connectivity index (χ3v) is 5.12. The van der Waals surface area contributed by atoms with Crippen LogP contribution < -0.4 is 5.32 Å². The van der Waals surface area contributed by atoms with Crippen molar-refractivity contribution in [2.75, 3.05) is 18.1 Å². The highest BCUT2D eigenvalue weighted by Crippen LogP contribution is 2.18. The van der Waals surface area contributed by atoms with Crippen LogP contribution in [0.3, 0.4) is 0 Å². The van der Waals surface area contributed by atoms with Crippen molar-refractivity contribution in [1.29, 1.82) is 0 Å². The summed E-state index contributed by atoms with van der Waals surface area (Å²) in [7, 11) is -2.97. The molecule has 0 spiro atoms. The van der Waals surface area contributed by atoms with Crippen LogP contribution in [-0.4, -0.2) is 32.4 Å². The molecule has 2 rings (SSSR count). The first kappa shape index (κ1) is 14.3. The predicted octanol–water partition coefficient (Wildman–Crippen LogP) is 1.64. The minimum atomic E-state index is -2.97. The van der Waals surface area contributed by atoms with Crippen LogP contribution in [0.5, 0.6) is 0 Å². The molecule has 0 bridgehead atoms. The van der Waals surface area contributed by atoms with E-state index in [2.05, 4.69) is 5.32 Å². The fraction of sp³-hybridized carbons (Fsp3) is 0.417. The highest BCUT2D eigenvalue weighted by Gasteiger charge is 2.28. The number of carbonyl (C=O) groups is 1. The van der Waals surface area contributed by atoms with E-state index in [9.17, 15) is 17.6 Å². The van der Waals surface area contributed by atoms with Gasteiger partial charge in [-0.15, -0.1) is 0 Å². The summed E-state index contributed by atoms with van der Waals surface area (Å²) in [4.78, 5) is 11.8. The quantitative estimate of drug-likeness (QED) is 0.923. The molecule has 4 nitrogen and oxygen atoms in total. The summed E-state index contributed by atoms with van der Waals surface area (Å²) in [6.45, 7) is 0.226. The van der Waals surface area contributed by atoms with Crippen molar-refractivity contribution in [2.45, 2.75) is 6.42 Å². The summed E-state index contributed by atoms with van der Waals surface area (Å²) in [6.07, 6.45) is 0.528. The molecule has 1 N–H and O–H groups in total. The smallest absolute Gasteiger partial charge is 0.254 e. The van der Waals surface area contributed by atoms with Crippen molar-refractivity contribution in [2.24, 2.45) is 5.92 Å². The average molecular weight is 306 g/mol. The molecule has 1 aliphatic heterocycles. The molecule has 0 unspecified atom stereocenters. The molecule has 0 aromatic heterocycles. The highest BCUT2D eigenvalue weighted by atomic mass is 35.5. The van der Waals surface area contributed by atoms with Crippen LogP contribution >= 0.6 is 11.6 Å². The van der Waals surface area contributed by atoms with Crippen LogP contribution in [-0.2, 0) is 9.84 Å². The fourth-order valence-corrected chi connectivity index (χ4v) is 4.07. The van der Waals surface area contributed by atoms with Crippen molar-refractivity contribution in [1.82, 2.24) is 5.32 Å². The lowest BCUT2D eigenvalue weighted by Gasteiger charge is -2.10. The van der Waals surface area contributed by atoms with Gasteiger partial charge in [0.25, 0.3) is 5.91 Å². The van der Waals surface area contributed by atoms with Gasteiger partial charge in [-0.2, -0.15) is 0 Å². The van der Waals surface area contributed by atoms with Crippen molar-refractivity contribution in [3.63, 3.8) is 0 Å². The maximum absolute atomic E-state index is 13.4. The molecule has 1 atom stereocenters. The molecule has 0 saturated carbocycles. The molecule has 0 aliphatic carbocycles. The molecule has 1 heterocycles. The lowest BCUT2D eigenvalue weighted by Crippen LogP contribution is -2.30. The van der Waals surface area contributed by atoms with Gasteiger partial charge in [0.2, 0.25) is 0 Å². The van der Waals surface area contributed by atoms with Crippen LogP contribution in [0.4, 0.5) is 4.39 Å². The van der Waals surface area contributed by atoms with E-state index in [-0.39, 0.29) is 34.6 Å². The second kappa shape index (κ2) is 5.46. The molecule has 1 aromatic rings. The normalized spacial score (nSPS) is 21.3. The second-order valence-electron chi connectivity index (χ2n) is 4.60. The van der Waals surface area contributed by atoms with Gasteiger partial charge in [-0.3, -0.25) is 4.79 Å². The van der Waals surface area contributed by atoms with Gasteiger partial charge in [-0.05, 0) is 30.5 Å². The minimum Gasteiger partial charge on any atom is -0.352 e. The lowest BCUT2D eigenvalue weighted by molar-refractivity contribution is 0.0944. The Hall–Kier alpha value is -1.14. The van der Waals surface area contributed by atoms with Gasteiger partial charge in [0.1, 0.15) is 5.82 Å². The zero-order valence-corrected chi connectivity index (χ0v) is 11.6. The number of sulfone groups is 1. The van der Waals surface area contributed by atoms with Gasteiger partial charge >= 0.3 is 0 Å². The fourth-order valence-electron chi connectivity index (χ4n) is 2.04. The summed E-state index contributed by atoms with van der Waals surface area (Å²) in [5.74, 6) is -1.11. The maximum atomic E-state index is 13.4. The number of amides is 1. The zero-order valence-electron chi connectivity index (χ0n) is 10.0. The Bertz CT molecular complexity index is 603. The number of halogens is 2.